The van der Waals surface area contributed by atoms with Gasteiger partial charge in [-0.3, -0.25) is 0 Å². The first-order valence-corrected chi connectivity index (χ1v) is 6.84. The molecule has 2 aromatic heterocycles. The molecule has 0 radical (unpaired) electrons. The van der Waals surface area contributed by atoms with Crippen LogP contribution < -0.4 is 5.32 Å². The average molecular weight is 326 g/mol. The smallest absolute Gasteiger partial charge is 0.415 e. The Labute approximate surface area is 122 Å². The molecular formula is C12H11ClF3NO2S. The highest BCUT2D eigenvalue weighted by atomic mass is 35.5. The number of nitrogens with one attached hydrogen (secondary N) is 1. The van der Waals surface area contributed by atoms with E-state index in [1.54, 1.807) is 24.3 Å². The summed E-state index contributed by atoms with van der Waals surface area (Å²) in [6.45, 7) is -0.635. The van der Waals surface area contributed by atoms with Crippen LogP contribution in [0.25, 0.3) is 0 Å². The highest BCUT2D eigenvalue weighted by Crippen LogP contribution is 2.31. The van der Waals surface area contributed by atoms with Gasteiger partial charge in [0.15, 0.2) is 6.10 Å². The molecule has 0 aliphatic carbocycles. The summed E-state index contributed by atoms with van der Waals surface area (Å²) in [6, 6.07) is 6.05. The van der Waals surface area contributed by atoms with Crippen molar-refractivity contribution in [2.24, 2.45) is 0 Å². The normalized spacial score (nSPS) is 15.2. The van der Waals surface area contributed by atoms with Gasteiger partial charge in [0.25, 0.3) is 0 Å². The molecule has 2 unspecified atom stereocenters. The van der Waals surface area contributed by atoms with Gasteiger partial charge in [-0.25, -0.2) is 0 Å². The van der Waals surface area contributed by atoms with Gasteiger partial charge >= 0.3 is 6.18 Å². The Morgan fingerprint density at radius 1 is 1.35 bits per heavy atom. The first-order valence-electron chi connectivity index (χ1n) is 5.64. The van der Waals surface area contributed by atoms with E-state index < -0.39 is 24.9 Å². The van der Waals surface area contributed by atoms with Gasteiger partial charge in [-0.05, 0) is 24.3 Å². The lowest BCUT2D eigenvalue weighted by molar-refractivity contribution is -0.202. The van der Waals surface area contributed by atoms with Crippen LogP contribution in [0.4, 0.5) is 13.2 Å². The van der Waals surface area contributed by atoms with Crippen LogP contribution in [0.3, 0.4) is 0 Å². The fourth-order valence-electron chi connectivity index (χ4n) is 1.63. The molecule has 0 aliphatic rings. The van der Waals surface area contributed by atoms with E-state index in [9.17, 15) is 13.2 Å². The summed E-state index contributed by atoms with van der Waals surface area (Å²) in [5.74, 6) is 0.456. The molecule has 0 amide bonds. The van der Waals surface area contributed by atoms with Crippen LogP contribution in [0, 0.1) is 0 Å². The van der Waals surface area contributed by atoms with Gasteiger partial charge in [0.2, 0.25) is 0 Å². The summed E-state index contributed by atoms with van der Waals surface area (Å²) in [4.78, 5) is 0.708. The Hall–Kier alpha value is -1.02. The van der Waals surface area contributed by atoms with E-state index in [-0.39, 0.29) is 0 Å². The fourth-order valence-corrected chi connectivity index (χ4v) is 2.77. The summed E-state index contributed by atoms with van der Waals surface area (Å²) in [5.41, 5.74) is 0. The fraction of sp³-hybridized carbons (Fsp3) is 0.333. The van der Waals surface area contributed by atoms with E-state index in [1.807, 2.05) is 0 Å². The second-order valence-corrected chi connectivity index (χ2v) is 5.80. The predicted octanol–water partition coefficient (Wildman–Crippen LogP) is 3.60. The third kappa shape index (κ3) is 3.76. The van der Waals surface area contributed by atoms with Crippen LogP contribution in [-0.4, -0.2) is 23.9 Å². The number of furan rings is 1. The lowest BCUT2D eigenvalue weighted by atomic mass is 10.1. The van der Waals surface area contributed by atoms with Crippen LogP contribution >= 0.6 is 22.9 Å². The molecule has 8 heteroatoms. The van der Waals surface area contributed by atoms with E-state index in [0.29, 0.717) is 15.0 Å². The van der Waals surface area contributed by atoms with Crippen LogP contribution in [0.15, 0.2) is 34.9 Å². The van der Waals surface area contributed by atoms with E-state index >= 15 is 0 Å². The molecule has 0 bridgehead atoms. The summed E-state index contributed by atoms with van der Waals surface area (Å²) in [6.07, 6.45) is -5.66. The molecule has 0 saturated heterocycles. The molecule has 0 aromatic carbocycles. The van der Waals surface area contributed by atoms with Gasteiger partial charge < -0.3 is 14.8 Å². The topological polar surface area (TPSA) is 45.4 Å². The van der Waals surface area contributed by atoms with Crippen molar-refractivity contribution in [3.63, 3.8) is 0 Å². The third-order valence-electron chi connectivity index (χ3n) is 2.60. The molecule has 3 nitrogen and oxygen atoms in total. The number of alkyl halides is 3. The molecule has 2 heterocycles. The zero-order chi connectivity index (χ0) is 14.8. The lowest BCUT2D eigenvalue weighted by Gasteiger charge is -2.19. The average Bonchev–Trinajstić information content (AvgIpc) is 3.00. The standard InChI is InChI=1S/C12H11ClF3NO2S/c13-10-4-3-8(20-10)11(7-2-1-5-19-7)17-6-9(18)12(14,15)16/h1-5,9,11,17-18H,6H2. The lowest BCUT2D eigenvalue weighted by Crippen LogP contribution is -2.39. The molecule has 0 saturated carbocycles. The minimum Gasteiger partial charge on any atom is -0.467 e. The van der Waals surface area contributed by atoms with Gasteiger partial charge in [0.1, 0.15) is 11.8 Å². The number of thiophene rings is 1. The summed E-state index contributed by atoms with van der Waals surface area (Å²) in [5, 5.41) is 11.7. The predicted molar refractivity (Wildman–Crippen MR) is 69.9 cm³/mol. The molecule has 110 valence electrons. The van der Waals surface area contributed by atoms with Crippen molar-refractivity contribution < 1.29 is 22.7 Å². The molecule has 2 atom stereocenters. The Kier molecular flexibility index (Phi) is 4.74. The second kappa shape index (κ2) is 6.17. The Morgan fingerprint density at radius 2 is 2.10 bits per heavy atom. The molecule has 2 N–H and O–H groups in total. The van der Waals surface area contributed by atoms with Crippen molar-refractivity contribution in [1.82, 2.24) is 5.32 Å². The summed E-state index contributed by atoms with van der Waals surface area (Å²) in [7, 11) is 0. The zero-order valence-electron chi connectivity index (χ0n) is 10.0. The van der Waals surface area contributed by atoms with Crippen molar-refractivity contribution in [3.05, 3.63) is 45.5 Å². The number of rotatable bonds is 5. The van der Waals surface area contributed by atoms with Crippen molar-refractivity contribution in [2.75, 3.05) is 6.54 Å². The van der Waals surface area contributed by atoms with Crippen LogP contribution in [0.2, 0.25) is 4.34 Å². The van der Waals surface area contributed by atoms with Gasteiger partial charge in [0.05, 0.1) is 10.6 Å². The van der Waals surface area contributed by atoms with Gasteiger partial charge in [-0.2, -0.15) is 13.2 Å². The number of hydrogen-bond donors (Lipinski definition) is 2. The highest BCUT2D eigenvalue weighted by Gasteiger charge is 2.38. The Bertz CT molecular complexity index is 541. The van der Waals surface area contributed by atoms with E-state index in [2.05, 4.69) is 5.32 Å². The highest BCUT2D eigenvalue weighted by molar-refractivity contribution is 7.16. The SMILES string of the molecule is OC(CNC(c1ccco1)c1ccc(Cl)s1)C(F)(F)F. The minimum absolute atomic E-state index is 0.456. The second-order valence-electron chi connectivity index (χ2n) is 4.06. The Balaban J connectivity index is 2.13. The molecule has 0 spiro atoms. The number of aliphatic hydroxyl groups excluding tert-OH is 1. The van der Waals surface area contributed by atoms with Gasteiger partial charge in [-0.1, -0.05) is 11.6 Å². The van der Waals surface area contributed by atoms with Crippen molar-refractivity contribution >= 4 is 22.9 Å². The molecule has 20 heavy (non-hydrogen) atoms. The van der Waals surface area contributed by atoms with Crippen molar-refractivity contribution in [3.8, 4) is 0 Å². The maximum Gasteiger partial charge on any atom is 0.415 e. The number of hydrogen-bond acceptors (Lipinski definition) is 4. The minimum atomic E-state index is -4.66. The van der Waals surface area contributed by atoms with Crippen LogP contribution in [0.1, 0.15) is 16.7 Å². The number of aliphatic hydroxyl groups is 1. The van der Waals surface area contributed by atoms with E-state index in [0.717, 1.165) is 0 Å². The van der Waals surface area contributed by atoms with Crippen molar-refractivity contribution in [1.29, 1.82) is 0 Å². The maximum absolute atomic E-state index is 12.3. The van der Waals surface area contributed by atoms with Crippen LogP contribution in [-0.2, 0) is 0 Å². The largest absolute Gasteiger partial charge is 0.467 e. The van der Waals surface area contributed by atoms with Crippen LogP contribution in [0.5, 0.6) is 0 Å². The zero-order valence-corrected chi connectivity index (χ0v) is 11.6. The van der Waals surface area contributed by atoms with Gasteiger partial charge in [-0.15, -0.1) is 11.3 Å². The molecule has 2 aromatic rings. The molecule has 0 fully saturated rings. The first-order chi connectivity index (χ1) is 9.38. The quantitative estimate of drug-likeness (QED) is 0.883. The summed E-state index contributed by atoms with van der Waals surface area (Å²) < 4.78 is 42.7. The molecule has 0 aliphatic heterocycles. The molecule has 2 rings (SSSR count). The first kappa shape index (κ1) is 15.4. The third-order valence-corrected chi connectivity index (χ3v) is 3.90. The number of halogens is 4. The van der Waals surface area contributed by atoms with Crippen molar-refractivity contribution in [2.45, 2.75) is 18.3 Å². The monoisotopic (exact) mass is 325 g/mol. The van der Waals surface area contributed by atoms with E-state index in [1.165, 1.54) is 17.6 Å². The van der Waals surface area contributed by atoms with E-state index in [4.69, 9.17) is 21.1 Å². The molecular weight excluding hydrogens is 315 g/mol. The van der Waals surface area contributed by atoms with Gasteiger partial charge in [0, 0.05) is 11.4 Å². The Morgan fingerprint density at radius 3 is 2.60 bits per heavy atom. The maximum atomic E-state index is 12.3. The summed E-state index contributed by atoms with van der Waals surface area (Å²) >= 11 is 7.07.